The standard InChI is InChI=1S/C36H34N4.C23H18.C10H14.C4H8.2C4H6.C2H6/c1-39-36(38)28-18-17-26-21-24(15-16-27(26)22-28)23-40-34-14-8-7-13-33(34)35(37)32-20-19-29(25-9-3-2-4-10-25)30-11-5-6-12-31(30)32;1-2-8-16(9-3-1)17-14-15-22(19-11-5-4-10-18(17)19)23-20-12-6-7-13-21(20)23;1-5-7-9(3)10(4)8-6-2;3*1-3-4-2;1-2/h2-22,35-36,39-40H,23,37-38H2,1H3;1-3,5-9,11-15,23H,4,10H2;5-8H,1-2H2,3-4H3;3-4H,1-2H3;2*3-4H,1-2H2;1-2H3/b;;9-7+,10-8+;4-3-;;;. The predicted molar refractivity (Wildman–Crippen MR) is 386 cm³/mol. The van der Waals surface area contributed by atoms with Crippen molar-refractivity contribution >= 4 is 33.3 Å². The van der Waals surface area contributed by atoms with Gasteiger partial charge in [-0.05, 0) is 171 Å². The highest BCUT2D eigenvalue weighted by Crippen LogP contribution is 2.51. The maximum Gasteiger partial charge on any atom is 0.0807 e. The summed E-state index contributed by atoms with van der Waals surface area (Å²) in [6, 6.07) is 68.8. The van der Waals surface area contributed by atoms with Gasteiger partial charge >= 0.3 is 0 Å². The molecule has 0 bridgehead atoms. The second-order valence-corrected chi connectivity index (χ2v) is 20.5. The molecular formula is C83H92N4. The zero-order valence-electron chi connectivity index (χ0n) is 52.7. The summed E-state index contributed by atoms with van der Waals surface area (Å²) < 4.78 is 0. The van der Waals surface area contributed by atoms with E-state index in [1.54, 1.807) is 36.5 Å². The van der Waals surface area contributed by atoms with Crippen molar-refractivity contribution in [3.63, 3.8) is 0 Å². The summed E-state index contributed by atoms with van der Waals surface area (Å²) in [5.74, 6) is 0.520. The van der Waals surface area contributed by atoms with E-state index in [1.165, 1.54) is 88.3 Å². The lowest BCUT2D eigenvalue weighted by Crippen LogP contribution is -2.24. The smallest absolute Gasteiger partial charge is 0.0807 e. The van der Waals surface area contributed by atoms with Gasteiger partial charge in [-0.2, -0.15) is 0 Å². The van der Waals surface area contributed by atoms with Gasteiger partial charge in [0.05, 0.1) is 12.2 Å². The highest BCUT2D eigenvalue weighted by atomic mass is 15.0. The fourth-order valence-electron chi connectivity index (χ4n) is 10.2. The van der Waals surface area contributed by atoms with Gasteiger partial charge in [0.2, 0.25) is 0 Å². The van der Waals surface area contributed by atoms with Gasteiger partial charge in [0.1, 0.15) is 0 Å². The molecule has 0 heterocycles. The summed E-state index contributed by atoms with van der Waals surface area (Å²) in [5, 5.41) is 11.5. The molecule has 0 aromatic heterocycles. The van der Waals surface area contributed by atoms with Gasteiger partial charge in [-0.1, -0.05) is 302 Å². The SMILES string of the molecule is C/C=C\C.C1=Cc2c(C3c4ccccc43)ccc(-c3ccccc3)c2CC1.C=C/C=C(C)/C(C)=C/C=C.C=CC=C.C=CC=C.CC.CNC(N)c1ccc2cc(CNc3ccccc3C(N)c3ccc(-c4ccccc4)c4ccccc34)ccc2c1. The van der Waals surface area contributed by atoms with Crippen molar-refractivity contribution in [2.45, 2.75) is 79.1 Å². The van der Waals surface area contributed by atoms with Crippen molar-refractivity contribution in [2.75, 3.05) is 12.4 Å². The van der Waals surface area contributed by atoms with Crippen molar-refractivity contribution in [2.24, 2.45) is 11.5 Å². The Hall–Kier alpha value is -9.42. The van der Waals surface area contributed by atoms with Crippen LogP contribution in [0.1, 0.15) is 116 Å². The molecule has 2 aliphatic rings. The van der Waals surface area contributed by atoms with Crippen LogP contribution in [0.3, 0.4) is 0 Å². The van der Waals surface area contributed by atoms with Crippen LogP contribution < -0.4 is 22.1 Å². The molecule has 0 radical (unpaired) electrons. The fourth-order valence-corrected chi connectivity index (χ4v) is 10.2. The highest BCUT2D eigenvalue weighted by Gasteiger charge is 2.35. The third-order valence-corrected chi connectivity index (χ3v) is 14.9. The molecule has 2 atom stereocenters. The number of allylic oxidation sites excluding steroid dienone is 13. The van der Waals surface area contributed by atoms with Crippen molar-refractivity contribution in [3.05, 3.63) is 362 Å². The molecule has 2 aliphatic carbocycles. The largest absolute Gasteiger partial charge is 0.381 e. The molecule has 4 heteroatoms. The minimum Gasteiger partial charge on any atom is -0.381 e. The number of benzene rings is 9. The summed E-state index contributed by atoms with van der Waals surface area (Å²) in [4.78, 5) is 0. The van der Waals surface area contributed by atoms with Gasteiger partial charge in [-0.15, -0.1) is 0 Å². The maximum atomic E-state index is 7.01. The van der Waals surface area contributed by atoms with Crippen molar-refractivity contribution in [1.29, 1.82) is 0 Å². The molecule has 4 nitrogen and oxygen atoms in total. The molecular weight excluding hydrogens is 1050 g/mol. The van der Waals surface area contributed by atoms with Crippen LogP contribution >= 0.6 is 0 Å². The average molecular weight is 1150 g/mol. The molecule has 2 unspecified atom stereocenters. The lowest BCUT2D eigenvalue weighted by Gasteiger charge is -2.21. The average Bonchev–Trinajstić information content (AvgIpc) is 1.77. The zero-order valence-corrected chi connectivity index (χ0v) is 52.7. The van der Waals surface area contributed by atoms with Gasteiger partial charge in [0, 0.05) is 18.2 Å². The van der Waals surface area contributed by atoms with Crippen LogP contribution in [0.5, 0.6) is 0 Å². The Labute approximate surface area is 522 Å². The van der Waals surface area contributed by atoms with Gasteiger partial charge in [0.15, 0.2) is 0 Å². The van der Waals surface area contributed by atoms with Crippen LogP contribution in [0.25, 0.3) is 49.9 Å². The Balaban J connectivity index is 0.000000245. The maximum absolute atomic E-state index is 7.01. The molecule has 0 saturated carbocycles. The first-order chi connectivity index (χ1) is 42.5. The number of fused-ring (bicyclic) bond motifs is 4. The Kier molecular flexibility index (Phi) is 29.2. The van der Waals surface area contributed by atoms with Crippen LogP contribution in [0.4, 0.5) is 5.69 Å². The van der Waals surface area contributed by atoms with Gasteiger partial charge in [-0.25, -0.2) is 0 Å². The van der Waals surface area contributed by atoms with E-state index in [9.17, 15) is 0 Å². The fraction of sp³-hybridized carbons (Fsp3) is 0.157. The van der Waals surface area contributed by atoms with E-state index in [0.29, 0.717) is 12.5 Å². The minimum absolute atomic E-state index is 0.168. The van der Waals surface area contributed by atoms with Crippen LogP contribution in [-0.4, -0.2) is 7.05 Å². The lowest BCUT2D eigenvalue weighted by molar-refractivity contribution is 0.623. The van der Waals surface area contributed by atoms with Gasteiger partial charge in [-0.3, -0.25) is 0 Å². The first-order valence-corrected chi connectivity index (χ1v) is 30.2. The summed E-state index contributed by atoms with van der Waals surface area (Å²) in [7, 11) is 1.87. The summed E-state index contributed by atoms with van der Waals surface area (Å²) >= 11 is 0. The van der Waals surface area contributed by atoms with E-state index in [0.717, 1.165) is 35.2 Å². The van der Waals surface area contributed by atoms with Crippen LogP contribution in [0.2, 0.25) is 0 Å². The highest BCUT2D eigenvalue weighted by molar-refractivity contribution is 5.99. The van der Waals surface area contributed by atoms with Crippen LogP contribution in [-0.2, 0) is 13.0 Å². The number of nitrogens with one attached hydrogen (secondary N) is 2. The summed E-state index contributed by atoms with van der Waals surface area (Å²) in [5.41, 5.74) is 33.8. The Morgan fingerprint density at radius 1 is 0.529 bits per heavy atom. The van der Waals surface area contributed by atoms with Crippen molar-refractivity contribution < 1.29 is 0 Å². The Bertz CT molecular complexity index is 3720. The monoisotopic (exact) mass is 1140 g/mol. The van der Waals surface area contributed by atoms with Crippen molar-refractivity contribution in [1.82, 2.24) is 5.32 Å². The number of hydrogen-bond acceptors (Lipinski definition) is 4. The Morgan fingerprint density at radius 2 is 1.05 bits per heavy atom. The molecule has 0 spiro atoms. The van der Waals surface area contributed by atoms with Gasteiger partial charge < -0.3 is 22.1 Å². The van der Waals surface area contributed by atoms with Crippen molar-refractivity contribution in [3.8, 4) is 22.3 Å². The van der Waals surface area contributed by atoms with E-state index < -0.39 is 0 Å². The number of rotatable bonds is 15. The number of hydrogen-bond donors (Lipinski definition) is 4. The molecule has 0 amide bonds. The normalized spacial score (nSPS) is 12.4. The van der Waals surface area contributed by atoms with Gasteiger partial charge in [0.25, 0.3) is 0 Å². The molecule has 11 rings (SSSR count). The molecule has 9 aromatic rings. The first-order valence-electron chi connectivity index (χ1n) is 30.2. The number of anilines is 1. The molecule has 0 saturated heterocycles. The Morgan fingerprint density at radius 3 is 1.62 bits per heavy atom. The minimum atomic E-state index is -0.273. The first kappa shape index (κ1) is 68.4. The predicted octanol–water partition coefficient (Wildman–Crippen LogP) is 21.9. The number of nitrogens with two attached hydrogens (primary N) is 2. The van der Waals surface area contributed by atoms with E-state index in [2.05, 4.69) is 270 Å². The summed E-state index contributed by atoms with van der Waals surface area (Å²) in [6.07, 6.45) is 24.9. The second-order valence-electron chi connectivity index (χ2n) is 20.5. The number of para-hydroxylation sites is 1. The molecule has 0 aliphatic heterocycles. The van der Waals surface area contributed by atoms with Crippen LogP contribution in [0, 0.1) is 0 Å². The lowest BCUT2D eigenvalue weighted by atomic mass is 9.85. The van der Waals surface area contributed by atoms with Crippen LogP contribution in [0.15, 0.2) is 312 Å². The second kappa shape index (κ2) is 37.1. The molecule has 444 valence electrons. The zero-order chi connectivity index (χ0) is 62.9. The quantitative estimate of drug-likeness (QED) is 0.0469. The molecule has 9 aromatic carbocycles. The third-order valence-electron chi connectivity index (χ3n) is 14.9. The molecule has 87 heavy (non-hydrogen) atoms. The molecule has 6 N–H and O–H groups in total. The summed E-state index contributed by atoms with van der Waals surface area (Å²) in [6.45, 7) is 33.5. The third kappa shape index (κ3) is 19.3. The topological polar surface area (TPSA) is 76.1 Å². The molecule has 0 fully saturated rings. The van der Waals surface area contributed by atoms with E-state index in [4.69, 9.17) is 11.5 Å². The van der Waals surface area contributed by atoms with E-state index >= 15 is 0 Å². The van der Waals surface area contributed by atoms with E-state index in [-0.39, 0.29) is 12.2 Å². The van der Waals surface area contributed by atoms with E-state index in [1.807, 2.05) is 59.0 Å².